The van der Waals surface area contributed by atoms with Crippen molar-refractivity contribution in [3.05, 3.63) is 144 Å². The van der Waals surface area contributed by atoms with Crippen LogP contribution in [-0.4, -0.2) is 39.0 Å². The Bertz CT molecular complexity index is 1350. The molecule has 0 heterocycles. The second kappa shape index (κ2) is 16.6. The Morgan fingerprint density at radius 1 is 0.651 bits per heavy atom. The van der Waals surface area contributed by atoms with Crippen molar-refractivity contribution in [3.63, 3.8) is 0 Å². The number of aliphatic hydroxyl groups is 1. The molecule has 0 aromatic heterocycles. The van der Waals surface area contributed by atoms with Gasteiger partial charge in [-0.05, 0) is 43.0 Å². The summed E-state index contributed by atoms with van der Waals surface area (Å²) in [4.78, 5) is 0. The van der Waals surface area contributed by atoms with Crippen LogP contribution in [0, 0.1) is 0 Å². The van der Waals surface area contributed by atoms with Crippen molar-refractivity contribution in [2.45, 2.75) is 69.7 Å². The maximum Gasteiger partial charge on any atom is 0.114 e. The van der Waals surface area contributed by atoms with E-state index in [1.54, 1.807) is 0 Å². The van der Waals surface area contributed by atoms with Gasteiger partial charge in [-0.25, -0.2) is 8.93 Å². The summed E-state index contributed by atoms with van der Waals surface area (Å²) in [5.74, 6) is 0. The molecule has 0 aliphatic carbocycles. The van der Waals surface area contributed by atoms with E-state index in [1.165, 1.54) is 0 Å². The SMILES string of the molecule is CC(C)(C)S(=O)NC(c1ccccc1)[C@@H](OCc1ccccc1)[C@H](OCc1ccccc1)[C@H](O)COCc1ccccc1. The van der Waals surface area contributed by atoms with E-state index in [9.17, 15) is 9.32 Å². The first-order valence-electron chi connectivity index (χ1n) is 14.6. The van der Waals surface area contributed by atoms with Gasteiger partial charge in [0.25, 0.3) is 0 Å². The van der Waals surface area contributed by atoms with Gasteiger partial charge < -0.3 is 19.3 Å². The second-order valence-electron chi connectivity index (χ2n) is 11.5. The average Bonchev–Trinajstić information content (AvgIpc) is 3.03. The highest BCUT2D eigenvalue weighted by Gasteiger charge is 2.39. The molecule has 0 saturated heterocycles. The lowest BCUT2D eigenvalue weighted by Crippen LogP contribution is -2.51. The van der Waals surface area contributed by atoms with Gasteiger partial charge in [0.05, 0.1) is 48.2 Å². The zero-order chi connectivity index (χ0) is 30.5. The molecule has 7 heteroatoms. The summed E-state index contributed by atoms with van der Waals surface area (Å²) in [6.45, 7) is 6.70. The summed E-state index contributed by atoms with van der Waals surface area (Å²) in [5, 5.41) is 11.7. The Labute approximate surface area is 258 Å². The van der Waals surface area contributed by atoms with E-state index < -0.39 is 40.1 Å². The molecular weight excluding hydrogens is 558 g/mol. The first kappa shape index (κ1) is 32.7. The molecule has 2 unspecified atom stereocenters. The normalized spacial score (nSPS) is 15.3. The fourth-order valence-corrected chi connectivity index (χ4v) is 5.44. The quantitative estimate of drug-likeness (QED) is 0.153. The third-order valence-corrected chi connectivity index (χ3v) is 8.53. The van der Waals surface area contributed by atoms with Gasteiger partial charge in [0, 0.05) is 0 Å². The van der Waals surface area contributed by atoms with Gasteiger partial charge in [-0.15, -0.1) is 0 Å². The smallest absolute Gasteiger partial charge is 0.114 e. The standard InChI is InChI=1S/C36H43NO5S/c1-36(2,3)43(39)37-33(31-22-14-7-15-23-31)35(42-26-30-20-12-6-13-21-30)34(41-25-29-18-10-5-11-19-29)32(38)27-40-24-28-16-8-4-9-17-28/h4-23,32-35,37-38H,24-27H2,1-3H3/t32-,33?,34-,35-,43?/m1/s1. The maximum atomic E-state index is 13.5. The van der Waals surface area contributed by atoms with Gasteiger partial charge in [0.1, 0.15) is 18.3 Å². The molecule has 0 fully saturated rings. The Kier molecular flexibility index (Phi) is 12.7. The molecule has 4 rings (SSSR count). The summed E-state index contributed by atoms with van der Waals surface area (Å²) >= 11 is 0. The van der Waals surface area contributed by atoms with E-state index in [-0.39, 0.29) is 19.8 Å². The molecule has 0 saturated carbocycles. The minimum absolute atomic E-state index is 0.0312. The van der Waals surface area contributed by atoms with Crippen LogP contribution in [0.25, 0.3) is 0 Å². The molecule has 4 aromatic rings. The molecule has 43 heavy (non-hydrogen) atoms. The molecule has 6 nitrogen and oxygen atoms in total. The number of benzene rings is 4. The fraction of sp³-hybridized carbons (Fsp3) is 0.333. The molecule has 0 aliphatic rings. The van der Waals surface area contributed by atoms with Crippen molar-refractivity contribution in [2.24, 2.45) is 0 Å². The van der Waals surface area contributed by atoms with E-state index >= 15 is 0 Å². The average molecular weight is 602 g/mol. The Hall–Kier alpha value is -3.17. The zero-order valence-corrected chi connectivity index (χ0v) is 26.0. The zero-order valence-electron chi connectivity index (χ0n) is 25.2. The van der Waals surface area contributed by atoms with Crippen LogP contribution in [0.1, 0.15) is 49.1 Å². The van der Waals surface area contributed by atoms with Crippen LogP contribution in [0.3, 0.4) is 0 Å². The minimum atomic E-state index is -1.43. The summed E-state index contributed by atoms with van der Waals surface area (Å²) in [7, 11) is -1.43. The van der Waals surface area contributed by atoms with Crippen molar-refractivity contribution in [2.75, 3.05) is 6.61 Å². The van der Waals surface area contributed by atoms with Gasteiger partial charge in [-0.2, -0.15) is 0 Å². The van der Waals surface area contributed by atoms with Gasteiger partial charge in [0.15, 0.2) is 0 Å². The number of nitrogens with one attached hydrogen (secondary N) is 1. The predicted octanol–water partition coefficient (Wildman–Crippen LogP) is 6.53. The molecule has 4 aromatic carbocycles. The highest BCUT2D eigenvalue weighted by Crippen LogP contribution is 2.29. The molecule has 0 amide bonds. The van der Waals surface area contributed by atoms with E-state index in [0.717, 1.165) is 22.3 Å². The van der Waals surface area contributed by atoms with Gasteiger partial charge in [-0.1, -0.05) is 121 Å². The lowest BCUT2D eigenvalue weighted by atomic mass is 9.95. The minimum Gasteiger partial charge on any atom is -0.388 e. The number of rotatable bonds is 16. The first-order chi connectivity index (χ1) is 20.8. The van der Waals surface area contributed by atoms with Gasteiger partial charge in [-0.3, -0.25) is 0 Å². The van der Waals surface area contributed by atoms with Crippen LogP contribution in [-0.2, 0) is 45.0 Å². The molecule has 228 valence electrons. The summed E-state index contributed by atoms with van der Waals surface area (Å²) in [6, 6.07) is 38.8. The van der Waals surface area contributed by atoms with E-state index in [1.807, 2.05) is 142 Å². The molecule has 0 bridgehead atoms. The topological polar surface area (TPSA) is 77.0 Å². The van der Waals surface area contributed by atoms with Crippen molar-refractivity contribution >= 4 is 11.0 Å². The number of ether oxygens (including phenoxy) is 3. The molecular formula is C36H43NO5S. The molecule has 2 N–H and O–H groups in total. The third-order valence-electron chi connectivity index (χ3n) is 6.95. The van der Waals surface area contributed by atoms with Gasteiger partial charge >= 0.3 is 0 Å². The number of aliphatic hydroxyl groups excluding tert-OH is 1. The van der Waals surface area contributed by atoms with Crippen molar-refractivity contribution in [3.8, 4) is 0 Å². The van der Waals surface area contributed by atoms with E-state index in [4.69, 9.17) is 14.2 Å². The summed E-state index contributed by atoms with van der Waals surface area (Å²) in [6.07, 6.45) is -2.59. The van der Waals surface area contributed by atoms with Crippen LogP contribution < -0.4 is 4.72 Å². The highest BCUT2D eigenvalue weighted by atomic mass is 32.2. The van der Waals surface area contributed by atoms with Crippen LogP contribution in [0.2, 0.25) is 0 Å². The fourth-order valence-electron chi connectivity index (χ4n) is 4.58. The summed E-state index contributed by atoms with van der Waals surface area (Å²) in [5.41, 5.74) is 3.84. The monoisotopic (exact) mass is 601 g/mol. The van der Waals surface area contributed by atoms with Crippen LogP contribution in [0.4, 0.5) is 0 Å². The largest absolute Gasteiger partial charge is 0.388 e. The predicted molar refractivity (Wildman–Crippen MR) is 172 cm³/mol. The van der Waals surface area contributed by atoms with Gasteiger partial charge in [0.2, 0.25) is 0 Å². The third kappa shape index (κ3) is 10.5. The maximum absolute atomic E-state index is 13.5. The lowest BCUT2D eigenvalue weighted by Gasteiger charge is -2.37. The van der Waals surface area contributed by atoms with Crippen LogP contribution >= 0.6 is 0 Å². The lowest BCUT2D eigenvalue weighted by molar-refractivity contribution is -0.155. The number of hydrogen-bond acceptors (Lipinski definition) is 5. The second-order valence-corrected chi connectivity index (χ2v) is 13.5. The first-order valence-corrected chi connectivity index (χ1v) is 15.8. The molecule has 0 aliphatic heterocycles. The molecule has 0 radical (unpaired) electrons. The van der Waals surface area contributed by atoms with Crippen LogP contribution in [0.5, 0.6) is 0 Å². The Balaban J connectivity index is 1.68. The number of hydrogen-bond donors (Lipinski definition) is 2. The highest BCUT2D eigenvalue weighted by molar-refractivity contribution is 7.84. The van der Waals surface area contributed by atoms with E-state index in [2.05, 4.69) is 4.72 Å². The van der Waals surface area contributed by atoms with Crippen molar-refractivity contribution < 1.29 is 23.5 Å². The molecule has 5 atom stereocenters. The van der Waals surface area contributed by atoms with Crippen molar-refractivity contribution in [1.82, 2.24) is 4.72 Å². The van der Waals surface area contributed by atoms with Crippen molar-refractivity contribution in [1.29, 1.82) is 0 Å². The van der Waals surface area contributed by atoms with E-state index in [0.29, 0.717) is 6.61 Å². The Morgan fingerprint density at radius 3 is 1.53 bits per heavy atom. The molecule has 0 spiro atoms. The summed E-state index contributed by atoms with van der Waals surface area (Å²) < 4.78 is 35.5. The van der Waals surface area contributed by atoms with Crippen LogP contribution in [0.15, 0.2) is 121 Å². The Morgan fingerprint density at radius 2 is 1.07 bits per heavy atom.